The third kappa shape index (κ3) is 12.6. The van der Waals surface area contributed by atoms with Gasteiger partial charge in [0.05, 0.1) is 0 Å². The molecule has 17 heavy (non-hydrogen) atoms. The van der Waals surface area contributed by atoms with Crippen molar-refractivity contribution in [1.82, 2.24) is 0 Å². The molecule has 0 radical (unpaired) electrons. The van der Waals surface area contributed by atoms with Crippen molar-refractivity contribution in [2.24, 2.45) is 0 Å². The summed E-state index contributed by atoms with van der Waals surface area (Å²) in [7, 11) is 0. The Balaban J connectivity index is 3.55. The van der Waals surface area contributed by atoms with Crippen molar-refractivity contribution in [2.75, 3.05) is 6.61 Å². The van der Waals surface area contributed by atoms with E-state index in [1.807, 2.05) is 25.2 Å². The zero-order valence-corrected chi connectivity index (χ0v) is 11.0. The van der Waals surface area contributed by atoms with Gasteiger partial charge in [-0.05, 0) is 19.3 Å². The summed E-state index contributed by atoms with van der Waals surface area (Å²) in [5.74, 6) is -0.288. The number of unbranched alkanes of at least 4 members (excludes halogenated alkanes) is 3. The monoisotopic (exact) mass is 236 g/mol. The number of carbonyl (C=O) groups excluding carboxylic acids is 1. The molecule has 0 amide bonds. The second-order valence-electron chi connectivity index (χ2n) is 3.79. The molecule has 0 bridgehead atoms. The minimum Gasteiger partial charge on any atom is -0.458 e. The Labute approximate surface area is 105 Å². The topological polar surface area (TPSA) is 26.3 Å². The Morgan fingerprint density at radius 1 is 1.06 bits per heavy atom. The fraction of sp³-hybridized carbons (Fsp3) is 0.533. The van der Waals surface area contributed by atoms with Crippen LogP contribution in [0, 0.1) is 0 Å². The van der Waals surface area contributed by atoms with Crippen LogP contribution in [0.2, 0.25) is 0 Å². The highest BCUT2D eigenvalue weighted by molar-refractivity contribution is 5.82. The van der Waals surface area contributed by atoms with Crippen molar-refractivity contribution < 1.29 is 9.53 Å². The highest BCUT2D eigenvalue weighted by Gasteiger charge is 1.91. The van der Waals surface area contributed by atoms with Gasteiger partial charge in [0.25, 0.3) is 0 Å². The normalized spacial score (nSPS) is 11.9. The molecule has 0 saturated carbocycles. The Morgan fingerprint density at radius 3 is 2.59 bits per heavy atom. The fourth-order valence-electron chi connectivity index (χ4n) is 1.23. The largest absolute Gasteiger partial charge is 0.458 e. The quantitative estimate of drug-likeness (QED) is 0.197. The lowest BCUT2D eigenvalue weighted by molar-refractivity contribution is -0.136. The van der Waals surface area contributed by atoms with Crippen LogP contribution >= 0.6 is 0 Å². The number of carbonyl (C=O) groups is 1. The Bertz CT molecular complexity index is 262. The maximum atomic E-state index is 11.2. The van der Waals surface area contributed by atoms with Gasteiger partial charge in [-0.15, -0.1) is 0 Å². The molecule has 0 rings (SSSR count). The number of ether oxygens (including phenoxy) is 1. The number of esters is 1. The van der Waals surface area contributed by atoms with E-state index in [1.165, 1.54) is 25.3 Å². The van der Waals surface area contributed by atoms with Gasteiger partial charge >= 0.3 is 5.97 Å². The first-order valence-corrected chi connectivity index (χ1v) is 6.46. The molecule has 0 aliphatic heterocycles. The molecule has 0 aromatic heterocycles. The number of allylic oxidation sites excluding steroid dienone is 4. The van der Waals surface area contributed by atoms with Crippen LogP contribution in [0.25, 0.3) is 0 Å². The lowest BCUT2D eigenvalue weighted by Gasteiger charge is -1.95. The van der Waals surface area contributed by atoms with E-state index >= 15 is 0 Å². The first-order chi connectivity index (χ1) is 8.31. The van der Waals surface area contributed by atoms with Crippen molar-refractivity contribution in [3.05, 3.63) is 36.5 Å². The SMILES string of the molecule is CC/C=C/COC(=O)/C=C/C=C/CCCCC. The average molecular weight is 236 g/mol. The molecule has 2 nitrogen and oxygen atoms in total. The second-order valence-corrected chi connectivity index (χ2v) is 3.79. The molecule has 2 heteroatoms. The molecular formula is C15H24O2. The maximum absolute atomic E-state index is 11.2. The van der Waals surface area contributed by atoms with Gasteiger partial charge in [-0.2, -0.15) is 0 Å². The van der Waals surface area contributed by atoms with E-state index < -0.39 is 0 Å². The molecule has 0 aliphatic carbocycles. The van der Waals surface area contributed by atoms with Gasteiger partial charge in [-0.3, -0.25) is 0 Å². The van der Waals surface area contributed by atoms with Gasteiger partial charge < -0.3 is 4.74 Å². The Morgan fingerprint density at radius 2 is 1.88 bits per heavy atom. The smallest absolute Gasteiger partial charge is 0.331 e. The van der Waals surface area contributed by atoms with Crippen molar-refractivity contribution in [2.45, 2.75) is 46.0 Å². The Hall–Kier alpha value is -1.31. The fourth-order valence-corrected chi connectivity index (χ4v) is 1.23. The zero-order valence-electron chi connectivity index (χ0n) is 11.0. The molecule has 0 aliphatic rings. The van der Waals surface area contributed by atoms with Crippen LogP contribution in [0.4, 0.5) is 0 Å². The van der Waals surface area contributed by atoms with Crippen LogP contribution in [0.15, 0.2) is 36.5 Å². The standard InChI is InChI=1S/C15H24O2/c1-3-5-7-8-9-10-11-13-15(16)17-14-12-6-4-2/h6,9-13H,3-5,7-8,14H2,1-2H3/b10-9+,12-6+,13-11+. The van der Waals surface area contributed by atoms with Crippen LogP contribution in [-0.4, -0.2) is 12.6 Å². The average Bonchev–Trinajstić information content (AvgIpc) is 2.33. The number of hydrogen-bond acceptors (Lipinski definition) is 2. The van der Waals surface area contributed by atoms with Gasteiger partial charge in [0.2, 0.25) is 0 Å². The summed E-state index contributed by atoms with van der Waals surface area (Å²) >= 11 is 0. The summed E-state index contributed by atoms with van der Waals surface area (Å²) < 4.78 is 4.94. The molecule has 0 aromatic rings. The number of hydrogen-bond donors (Lipinski definition) is 0. The van der Waals surface area contributed by atoms with E-state index in [0.29, 0.717) is 6.61 Å². The van der Waals surface area contributed by atoms with Gasteiger partial charge in [-0.25, -0.2) is 4.79 Å². The molecule has 0 atom stereocenters. The molecule has 0 unspecified atom stereocenters. The summed E-state index contributed by atoms with van der Waals surface area (Å²) in [5.41, 5.74) is 0. The second kappa shape index (κ2) is 12.8. The van der Waals surface area contributed by atoms with E-state index in [-0.39, 0.29) is 5.97 Å². The zero-order chi connectivity index (χ0) is 12.8. The van der Waals surface area contributed by atoms with Crippen molar-refractivity contribution in [3.63, 3.8) is 0 Å². The van der Waals surface area contributed by atoms with E-state index in [2.05, 4.69) is 13.0 Å². The van der Waals surface area contributed by atoms with Crippen molar-refractivity contribution >= 4 is 5.97 Å². The van der Waals surface area contributed by atoms with Crippen molar-refractivity contribution in [3.8, 4) is 0 Å². The van der Waals surface area contributed by atoms with E-state index in [1.54, 1.807) is 6.08 Å². The summed E-state index contributed by atoms with van der Waals surface area (Å²) in [5, 5.41) is 0. The predicted octanol–water partition coefficient (Wildman–Crippen LogP) is 4.19. The molecule has 0 aromatic carbocycles. The molecule has 96 valence electrons. The lowest BCUT2D eigenvalue weighted by atomic mass is 10.2. The first kappa shape index (κ1) is 15.7. The van der Waals surface area contributed by atoms with E-state index in [9.17, 15) is 4.79 Å². The molecule has 0 saturated heterocycles. The summed E-state index contributed by atoms with van der Waals surface area (Å²) in [6.45, 7) is 4.59. The third-order valence-electron chi connectivity index (χ3n) is 2.18. The highest BCUT2D eigenvalue weighted by atomic mass is 16.5. The van der Waals surface area contributed by atoms with Gasteiger partial charge in [0, 0.05) is 6.08 Å². The van der Waals surface area contributed by atoms with Crippen LogP contribution in [0.1, 0.15) is 46.0 Å². The van der Waals surface area contributed by atoms with Gasteiger partial charge in [0.15, 0.2) is 0 Å². The predicted molar refractivity (Wildman–Crippen MR) is 72.8 cm³/mol. The molecule has 0 N–H and O–H groups in total. The molecule has 0 spiro atoms. The minimum atomic E-state index is -0.288. The van der Waals surface area contributed by atoms with Crippen LogP contribution in [0.3, 0.4) is 0 Å². The van der Waals surface area contributed by atoms with Crippen LogP contribution in [-0.2, 0) is 9.53 Å². The summed E-state index contributed by atoms with van der Waals surface area (Å²) in [6.07, 6.45) is 16.8. The summed E-state index contributed by atoms with van der Waals surface area (Å²) in [4.78, 5) is 11.2. The van der Waals surface area contributed by atoms with Gasteiger partial charge in [0.1, 0.15) is 6.61 Å². The Kier molecular flexibility index (Phi) is 11.8. The van der Waals surface area contributed by atoms with Crippen LogP contribution in [0.5, 0.6) is 0 Å². The highest BCUT2D eigenvalue weighted by Crippen LogP contribution is 1.99. The van der Waals surface area contributed by atoms with E-state index in [4.69, 9.17) is 4.74 Å². The first-order valence-electron chi connectivity index (χ1n) is 6.46. The molecule has 0 heterocycles. The van der Waals surface area contributed by atoms with Crippen LogP contribution < -0.4 is 0 Å². The van der Waals surface area contributed by atoms with E-state index in [0.717, 1.165) is 12.8 Å². The van der Waals surface area contributed by atoms with Gasteiger partial charge in [-0.1, -0.05) is 57.1 Å². The summed E-state index contributed by atoms with van der Waals surface area (Å²) in [6, 6.07) is 0. The lowest BCUT2D eigenvalue weighted by Crippen LogP contribution is -1.99. The van der Waals surface area contributed by atoms with Crippen molar-refractivity contribution in [1.29, 1.82) is 0 Å². The molecule has 0 fully saturated rings. The minimum absolute atomic E-state index is 0.288. The molecular weight excluding hydrogens is 212 g/mol. The maximum Gasteiger partial charge on any atom is 0.331 e. The number of rotatable bonds is 9. The third-order valence-corrected chi connectivity index (χ3v) is 2.18.